The summed E-state index contributed by atoms with van der Waals surface area (Å²) in [6, 6.07) is 6.69. The first kappa shape index (κ1) is 16.2. The van der Waals surface area contributed by atoms with Gasteiger partial charge in [-0.05, 0) is 44.4 Å². The molecule has 1 heterocycles. The zero-order valence-electron chi connectivity index (χ0n) is 12.7. The third-order valence-corrected chi connectivity index (χ3v) is 3.72. The van der Waals surface area contributed by atoms with Crippen LogP contribution in [0.25, 0.3) is 0 Å². The number of carbonyl (C=O) groups is 1. The highest BCUT2D eigenvalue weighted by atomic mass is 32.2. The number of hydrogen-bond donors (Lipinski definition) is 2. The first-order chi connectivity index (χ1) is 10.6. The van der Waals surface area contributed by atoms with Gasteiger partial charge in [-0.3, -0.25) is 9.36 Å². The summed E-state index contributed by atoms with van der Waals surface area (Å²) < 4.78 is 6.97. The van der Waals surface area contributed by atoms with Gasteiger partial charge in [-0.25, -0.2) is 0 Å². The van der Waals surface area contributed by atoms with Crippen molar-refractivity contribution in [3.05, 3.63) is 24.3 Å². The van der Waals surface area contributed by atoms with Gasteiger partial charge in [0.15, 0.2) is 5.16 Å². The van der Waals surface area contributed by atoms with Crippen molar-refractivity contribution in [1.82, 2.24) is 14.8 Å². The van der Waals surface area contributed by atoms with Crippen molar-refractivity contribution in [1.29, 1.82) is 0 Å². The normalized spacial score (nSPS) is 12.0. The maximum Gasteiger partial charge on any atom is 0.247 e. The van der Waals surface area contributed by atoms with Crippen molar-refractivity contribution in [3.8, 4) is 5.75 Å². The summed E-state index contributed by atoms with van der Waals surface area (Å²) in [7, 11) is 0. The highest BCUT2D eigenvalue weighted by molar-refractivity contribution is 7.98. The molecule has 0 saturated heterocycles. The number of anilines is 2. The zero-order valence-corrected chi connectivity index (χ0v) is 13.6. The van der Waals surface area contributed by atoms with Crippen LogP contribution >= 0.6 is 11.8 Å². The van der Waals surface area contributed by atoms with Gasteiger partial charge in [-0.2, -0.15) is 0 Å². The van der Waals surface area contributed by atoms with E-state index in [9.17, 15) is 4.79 Å². The van der Waals surface area contributed by atoms with Crippen LogP contribution in [0.15, 0.2) is 29.4 Å². The van der Waals surface area contributed by atoms with Crippen molar-refractivity contribution in [2.75, 3.05) is 23.9 Å². The first-order valence-electron chi connectivity index (χ1n) is 6.85. The van der Waals surface area contributed by atoms with Gasteiger partial charge in [0.1, 0.15) is 11.8 Å². The van der Waals surface area contributed by atoms with E-state index >= 15 is 0 Å². The third kappa shape index (κ3) is 3.51. The van der Waals surface area contributed by atoms with E-state index in [2.05, 4.69) is 15.5 Å². The summed E-state index contributed by atoms with van der Waals surface area (Å²) in [5, 5.41) is 11.2. The molecule has 1 atom stereocenters. The van der Waals surface area contributed by atoms with E-state index in [4.69, 9.17) is 10.5 Å². The SMILES string of the molecule is CCOc1ccc(NC(=O)C(C)n2c(N)nnc2SC)cc1. The molecule has 1 unspecified atom stereocenters. The summed E-state index contributed by atoms with van der Waals surface area (Å²) in [6.45, 7) is 4.28. The van der Waals surface area contributed by atoms with Crippen LogP contribution in [-0.2, 0) is 4.79 Å². The van der Waals surface area contributed by atoms with Crippen LogP contribution in [-0.4, -0.2) is 33.5 Å². The van der Waals surface area contributed by atoms with Crippen molar-refractivity contribution in [2.24, 2.45) is 0 Å². The molecule has 1 aromatic heterocycles. The van der Waals surface area contributed by atoms with Gasteiger partial charge in [0.25, 0.3) is 0 Å². The second-order valence-corrected chi connectivity index (χ2v) is 5.31. The average Bonchev–Trinajstić information content (AvgIpc) is 2.89. The fourth-order valence-corrected chi connectivity index (χ4v) is 2.53. The summed E-state index contributed by atoms with van der Waals surface area (Å²) in [5.41, 5.74) is 6.47. The molecular weight excluding hydrogens is 302 g/mol. The molecule has 0 aliphatic rings. The molecule has 0 spiro atoms. The molecule has 2 aromatic rings. The number of aromatic nitrogens is 3. The molecule has 7 nitrogen and oxygen atoms in total. The van der Waals surface area contributed by atoms with Gasteiger partial charge in [-0.15, -0.1) is 10.2 Å². The lowest BCUT2D eigenvalue weighted by Gasteiger charge is -2.16. The number of thioether (sulfide) groups is 1. The van der Waals surface area contributed by atoms with E-state index in [1.54, 1.807) is 23.6 Å². The number of nitrogens with zero attached hydrogens (tertiary/aromatic N) is 3. The summed E-state index contributed by atoms with van der Waals surface area (Å²) >= 11 is 1.39. The van der Waals surface area contributed by atoms with Crippen LogP contribution in [0.1, 0.15) is 19.9 Å². The largest absolute Gasteiger partial charge is 0.494 e. The van der Waals surface area contributed by atoms with E-state index in [0.717, 1.165) is 5.75 Å². The van der Waals surface area contributed by atoms with Crippen LogP contribution in [0.4, 0.5) is 11.6 Å². The maximum atomic E-state index is 12.4. The van der Waals surface area contributed by atoms with Crippen LogP contribution in [0.5, 0.6) is 5.75 Å². The average molecular weight is 321 g/mol. The topological polar surface area (TPSA) is 95.1 Å². The van der Waals surface area contributed by atoms with E-state index < -0.39 is 6.04 Å². The Morgan fingerprint density at radius 3 is 2.68 bits per heavy atom. The molecular formula is C14H19N5O2S. The summed E-state index contributed by atoms with van der Waals surface area (Å²) in [5.74, 6) is 0.797. The van der Waals surface area contributed by atoms with Crippen LogP contribution in [0.2, 0.25) is 0 Å². The monoisotopic (exact) mass is 321 g/mol. The van der Waals surface area contributed by atoms with Crippen molar-refractivity contribution in [3.63, 3.8) is 0 Å². The Labute approximate surface area is 133 Å². The number of nitrogen functional groups attached to an aromatic ring is 1. The molecule has 118 valence electrons. The fraction of sp³-hybridized carbons (Fsp3) is 0.357. The minimum absolute atomic E-state index is 0.189. The zero-order chi connectivity index (χ0) is 16.1. The second-order valence-electron chi connectivity index (χ2n) is 4.54. The van der Waals surface area contributed by atoms with Gasteiger partial charge >= 0.3 is 0 Å². The summed E-state index contributed by atoms with van der Waals surface area (Å²) in [4.78, 5) is 12.4. The fourth-order valence-electron chi connectivity index (χ4n) is 1.96. The number of nitrogens with one attached hydrogen (secondary N) is 1. The molecule has 0 saturated carbocycles. The number of hydrogen-bond acceptors (Lipinski definition) is 6. The lowest BCUT2D eigenvalue weighted by Crippen LogP contribution is -2.25. The summed E-state index contributed by atoms with van der Waals surface area (Å²) in [6.07, 6.45) is 1.86. The number of nitrogens with two attached hydrogens (primary N) is 1. The van der Waals surface area contributed by atoms with E-state index in [0.29, 0.717) is 17.5 Å². The predicted octanol–water partition coefficient (Wildman–Crippen LogP) is 2.18. The predicted molar refractivity (Wildman–Crippen MR) is 87.2 cm³/mol. The molecule has 0 aliphatic carbocycles. The Morgan fingerprint density at radius 1 is 1.41 bits per heavy atom. The minimum atomic E-state index is -0.510. The highest BCUT2D eigenvalue weighted by Gasteiger charge is 2.21. The van der Waals surface area contributed by atoms with Crippen molar-refractivity contribution < 1.29 is 9.53 Å². The smallest absolute Gasteiger partial charge is 0.247 e. The van der Waals surface area contributed by atoms with Gasteiger partial charge in [-0.1, -0.05) is 11.8 Å². The second kappa shape index (κ2) is 7.17. The molecule has 0 aliphatic heterocycles. The minimum Gasteiger partial charge on any atom is -0.494 e. The maximum absolute atomic E-state index is 12.4. The lowest BCUT2D eigenvalue weighted by molar-refractivity contribution is -0.118. The first-order valence-corrected chi connectivity index (χ1v) is 8.07. The molecule has 3 N–H and O–H groups in total. The van der Waals surface area contributed by atoms with Gasteiger partial charge < -0.3 is 15.8 Å². The highest BCUT2D eigenvalue weighted by Crippen LogP contribution is 2.22. The third-order valence-electron chi connectivity index (χ3n) is 3.07. The number of carbonyl (C=O) groups excluding carboxylic acids is 1. The van der Waals surface area contributed by atoms with Gasteiger partial charge in [0, 0.05) is 5.69 Å². The number of amides is 1. The molecule has 0 fully saturated rings. The molecule has 1 amide bonds. The molecule has 0 radical (unpaired) electrons. The van der Waals surface area contributed by atoms with Gasteiger partial charge in [0.05, 0.1) is 6.61 Å². The molecule has 0 bridgehead atoms. The molecule has 1 aromatic carbocycles. The van der Waals surface area contributed by atoms with E-state index in [-0.39, 0.29) is 11.9 Å². The Hall–Kier alpha value is -2.22. The number of benzene rings is 1. The molecule has 8 heteroatoms. The lowest BCUT2D eigenvalue weighted by atomic mass is 10.2. The van der Waals surface area contributed by atoms with E-state index in [1.165, 1.54) is 11.8 Å². The standard InChI is InChI=1S/C14H19N5O2S/c1-4-21-11-7-5-10(6-8-11)16-12(20)9(2)19-13(15)17-18-14(19)22-3/h5-9H,4H2,1-3H3,(H2,15,17)(H,16,20). The van der Waals surface area contributed by atoms with Gasteiger partial charge in [0.2, 0.25) is 11.9 Å². The Kier molecular flexibility index (Phi) is 5.26. The van der Waals surface area contributed by atoms with Crippen LogP contribution in [0.3, 0.4) is 0 Å². The van der Waals surface area contributed by atoms with E-state index in [1.807, 2.05) is 25.3 Å². The van der Waals surface area contributed by atoms with Crippen LogP contribution in [0, 0.1) is 0 Å². The van der Waals surface area contributed by atoms with Crippen molar-refractivity contribution in [2.45, 2.75) is 25.0 Å². The Balaban J connectivity index is 2.09. The van der Waals surface area contributed by atoms with Crippen LogP contribution < -0.4 is 15.8 Å². The Morgan fingerprint density at radius 2 is 2.09 bits per heavy atom. The Bertz CT molecular complexity index is 641. The number of rotatable bonds is 6. The molecule has 22 heavy (non-hydrogen) atoms. The quantitative estimate of drug-likeness (QED) is 0.792. The van der Waals surface area contributed by atoms with Crippen molar-refractivity contribution >= 4 is 29.3 Å². The number of ether oxygens (including phenoxy) is 1. The molecule has 2 rings (SSSR count).